The fourth-order valence-corrected chi connectivity index (χ4v) is 3.26. The molecule has 0 aromatic carbocycles. The van der Waals surface area contributed by atoms with Gasteiger partial charge in [-0.05, 0) is 50.4 Å². The molecule has 0 spiro atoms. The van der Waals surface area contributed by atoms with Crippen LogP contribution in [-0.2, 0) is 0 Å². The zero-order valence-corrected chi connectivity index (χ0v) is 9.64. The van der Waals surface area contributed by atoms with Crippen LogP contribution in [0.2, 0.25) is 0 Å². The average Bonchev–Trinajstić information content (AvgIpc) is 2.00. The van der Waals surface area contributed by atoms with Gasteiger partial charge < -0.3 is 5.11 Å². The number of rotatable bonds is 0. The van der Waals surface area contributed by atoms with Gasteiger partial charge in [-0.25, -0.2) is 0 Å². The Balaban J connectivity index is 2.28. The van der Waals surface area contributed by atoms with Crippen molar-refractivity contribution < 1.29 is 5.11 Å². The van der Waals surface area contributed by atoms with Gasteiger partial charge >= 0.3 is 0 Å². The van der Waals surface area contributed by atoms with Gasteiger partial charge in [-0.1, -0.05) is 25.5 Å². The maximum atomic E-state index is 10.0. The largest absolute Gasteiger partial charge is 0.386 e. The molecule has 1 fully saturated rings. The molecule has 0 bridgehead atoms. The lowest BCUT2D eigenvalue weighted by Crippen LogP contribution is -2.37. The molecule has 0 heterocycles. The molecule has 2 unspecified atom stereocenters. The fourth-order valence-electron chi connectivity index (χ4n) is 3.26. The van der Waals surface area contributed by atoms with Gasteiger partial charge in [-0.15, -0.1) is 0 Å². The first-order valence-electron chi connectivity index (χ1n) is 5.85. The third kappa shape index (κ3) is 1.75. The summed E-state index contributed by atoms with van der Waals surface area (Å²) in [5, 5.41) is 10.0. The number of hydrogen-bond donors (Lipinski definition) is 1. The fraction of sp³-hybridized carbons (Fsp3) is 0.846. The van der Waals surface area contributed by atoms with Crippen LogP contribution in [0.15, 0.2) is 11.6 Å². The van der Waals surface area contributed by atoms with E-state index in [0.29, 0.717) is 5.41 Å². The summed E-state index contributed by atoms with van der Waals surface area (Å²) in [6.45, 7) is 6.70. The van der Waals surface area contributed by atoms with Crippen LogP contribution < -0.4 is 0 Å². The molecular weight excluding hydrogens is 172 g/mol. The summed E-state index contributed by atoms with van der Waals surface area (Å²) >= 11 is 0. The van der Waals surface area contributed by atoms with Crippen LogP contribution in [0.3, 0.4) is 0 Å². The summed E-state index contributed by atoms with van der Waals surface area (Å²) < 4.78 is 0. The van der Waals surface area contributed by atoms with Gasteiger partial charge in [0.2, 0.25) is 0 Å². The van der Waals surface area contributed by atoms with E-state index in [1.807, 2.05) is 6.92 Å². The summed E-state index contributed by atoms with van der Waals surface area (Å²) in [7, 11) is 0. The molecule has 80 valence electrons. The van der Waals surface area contributed by atoms with Crippen LogP contribution in [0.5, 0.6) is 0 Å². The first-order valence-corrected chi connectivity index (χ1v) is 5.85. The highest BCUT2D eigenvalue weighted by Gasteiger charge is 2.39. The number of aliphatic hydroxyl groups is 1. The standard InChI is InChI=1S/C13H22O/c1-12(2)7-4-5-10-9-13(3,14)8-6-11(10)12/h9,11,14H,4-8H2,1-3H3. The van der Waals surface area contributed by atoms with Crippen molar-refractivity contribution in [2.45, 2.75) is 58.5 Å². The van der Waals surface area contributed by atoms with Gasteiger partial charge in [0, 0.05) is 0 Å². The summed E-state index contributed by atoms with van der Waals surface area (Å²) in [4.78, 5) is 0. The summed E-state index contributed by atoms with van der Waals surface area (Å²) in [5.41, 5.74) is 1.46. The molecule has 0 aromatic heterocycles. The molecule has 14 heavy (non-hydrogen) atoms. The van der Waals surface area contributed by atoms with Crippen LogP contribution in [0.4, 0.5) is 0 Å². The van der Waals surface area contributed by atoms with E-state index in [1.54, 1.807) is 0 Å². The van der Waals surface area contributed by atoms with Crippen molar-refractivity contribution in [1.82, 2.24) is 0 Å². The molecule has 0 amide bonds. The van der Waals surface area contributed by atoms with E-state index >= 15 is 0 Å². The molecule has 1 nitrogen and oxygen atoms in total. The van der Waals surface area contributed by atoms with Crippen molar-refractivity contribution in [2.75, 3.05) is 0 Å². The number of allylic oxidation sites excluding steroid dienone is 1. The average molecular weight is 194 g/mol. The predicted octanol–water partition coefficient (Wildman–Crippen LogP) is 3.28. The number of hydrogen-bond acceptors (Lipinski definition) is 1. The monoisotopic (exact) mass is 194 g/mol. The molecule has 0 aromatic rings. The summed E-state index contributed by atoms with van der Waals surface area (Å²) in [6, 6.07) is 0. The first-order chi connectivity index (χ1) is 6.41. The maximum Gasteiger partial charge on any atom is 0.0802 e. The van der Waals surface area contributed by atoms with Crippen LogP contribution in [0.25, 0.3) is 0 Å². The van der Waals surface area contributed by atoms with Crippen LogP contribution in [-0.4, -0.2) is 10.7 Å². The molecule has 0 radical (unpaired) electrons. The first kappa shape index (κ1) is 10.2. The Hall–Kier alpha value is -0.300. The minimum Gasteiger partial charge on any atom is -0.386 e. The number of fused-ring (bicyclic) bond motifs is 1. The lowest BCUT2D eigenvalue weighted by atomic mass is 9.61. The van der Waals surface area contributed by atoms with E-state index in [9.17, 15) is 5.11 Å². The topological polar surface area (TPSA) is 20.2 Å². The van der Waals surface area contributed by atoms with E-state index in [-0.39, 0.29) is 0 Å². The highest BCUT2D eigenvalue weighted by Crippen LogP contribution is 2.49. The molecule has 1 saturated carbocycles. The third-order valence-electron chi connectivity index (χ3n) is 4.11. The van der Waals surface area contributed by atoms with Crippen molar-refractivity contribution in [3.8, 4) is 0 Å². The normalized spacial score (nSPS) is 41.4. The van der Waals surface area contributed by atoms with E-state index < -0.39 is 5.60 Å². The van der Waals surface area contributed by atoms with E-state index in [2.05, 4.69) is 19.9 Å². The highest BCUT2D eigenvalue weighted by atomic mass is 16.3. The predicted molar refractivity (Wildman–Crippen MR) is 59.1 cm³/mol. The Morgan fingerprint density at radius 2 is 2.00 bits per heavy atom. The van der Waals surface area contributed by atoms with Gasteiger partial charge in [0.25, 0.3) is 0 Å². The third-order valence-corrected chi connectivity index (χ3v) is 4.11. The minimum atomic E-state index is -0.529. The zero-order valence-electron chi connectivity index (χ0n) is 9.64. The zero-order chi connectivity index (χ0) is 10.4. The second-order valence-corrected chi connectivity index (χ2v) is 6.01. The van der Waals surface area contributed by atoms with Gasteiger partial charge in [0.05, 0.1) is 5.60 Å². The van der Waals surface area contributed by atoms with Crippen LogP contribution in [0, 0.1) is 11.3 Å². The Kier molecular flexibility index (Phi) is 2.26. The smallest absolute Gasteiger partial charge is 0.0802 e. The SMILES string of the molecule is CC1(O)C=C2CCCC(C)(C)C2CC1. The molecule has 0 aliphatic heterocycles. The van der Waals surface area contributed by atoms with E-state index in [0.717, 1.165) is 12.3 Å². The van der Waals surface area contributed by atoms with E-state index in [4.69, 9.17) is 0 Å². The van der Waals surface area contributed by atoms with Gasteiger partial charge in [-0.2, -0.15) is 0 Å². The molecule has 1 heteroatoms. The Morgan fingerprint density at radius 3 is 2.71 bits per heavy atom. The Morgan fingerprint density at radius 1 is 1.29 bits per heavy atom. The quantitative estimate of drug-likeness (QED) is 0.587. The van der Waals surface area contributed by atoms with Crippen molar-refractivity contribution in [3.63, 3.8) is 0 Å². The second-order valence-electron chi connectivity index (χ2n) is 6.01. The van der Waals surface area contributed by atoms with Gasteiger partial charge in [0.15, 0.2) is 0 Å². The lowest BCUT2D eigenvalue weighted by Gasteiger charge is -2.45. The van der Waals surface area contributed by atoms with Crippen molar-refractivity contribution in [3.05, 3.63) is 11.6 Å². The molecule has 2 aliphatic rings. The molecule has 2 aliphatic carbocycles. The summed E-state index contributed by atoms with van der Waals surface area (Å²) in [6.07, 6.45) is 8.10. The van der Waals surface area contributed by atoms with Crippen molar-refractivity contribution in [1.29, 1.82) is 0 Å². The van der Waals surface area contributed by atoms with Crippen molar-refractivity contribution >= 4 is 0 Å². The Labute approximate surface area is 87.2 Å². The molecule has 2 rings (SSSR count). The van der Waals surface area contributed by atoms with Crippen LogP contribution in [0.1, 0.15) is 52.9 Å². The second kappa shape index (κ2) is 3.10. The Bertz CT molecular complexity index is 260. The van der Waals surface area contributed by atoms with Gasteiger partial charge in [-0.3, -0.25) is 0 Å². The van der Waals surface area contributed by atoms with Gasteiger partial charge in [0.1, 0.15) is 0 Å². The maximum absolute atomic E-state index is 10.0. The minimum absolute atomic E-state index is 0.459. The molecule has 1 N–H and O–H groups in total. The van der Waals surface area contributed by atoms with Crippen LogP contribution >= 0.6 is 0 Å². The molecule has 0 saturated heterocycles. The van der Waals surface area contributed by atoms with E-state index in [1.165, 1.54) is 31.3 Å². The molecular formula is C13H22O. The highest BCUT2D eigenvalue weighted by molar-refractivity contribution is 5.21. The lowest BCUT2D eigenvalue weighted by molar-refractivity contribution is 0.0600. The van der Waals surface area contributed by atoms with Crippen molar-refractivity contribution in [2.24, 2.45) is 11.3 Å². The molecule has 2 atom stereocenters. The summed E-state index contributed by atoms with van der Waals surface area (Å²) in [5.74, 6) is 0.733.